The van der Waals surface area contributed by atoms with Crippen molar-refractivity contribution in [2.24, 2.45) is 5.41 Å². The van der Waals surface area contributed by atoms with Crippen LogP contribution < -0.4 is 0 Å². The van der Waals surface area contributed by atoms with E-state index in [1.54, 1.807) is 4.90 Å². The molecule has 0 unspecified atom stereocenters. The molecule has 0 radical (unpaired) electrons. The SMILES string of the molecule is O=C(O)c1ccn(C(=O)N2CCC3(CCN(CCc4cc(Cl)ccc4C(F)(F)F)CC3)CC2)n1. The Labute approximate surface area is 200 Å². The van der Waals surface area contributed by atoms with E-state index in [4.69, 9.17) is 16.7 Å². The van der Waals surface area contributed by atoms with Crippen LogP contribution >= 0.6 is 11.6 Å². The number of carboxylic acids is 1. The summed E-state index contributed by atoms with van der Waals surface area (Å²) in [4.78, 5) is 27.5. The number of amides is 1. The fourth-order valence-corrected chi connectivity index (χ4v) is 5.13. The highest BCUT2D eigenvalue weighted by Crippen LogP contribution is 2.41. The Hall–Kier alpha value is -2.59. The Kier molecular flexibility index (Phi) is 6.91. The molecule has 2 aliphatic heterocycles. The molecule has 2 aromatic rings. The minimum atomic E-state index is -4.40. The van der Waals surface area contributed by atoms with Gasteiger partial charge < -0.3 is 14.9 Å². The Balaban J connectivity index is 1.28. The molecule has 1 aromatic heterocycles. The van der Waals surface area contributed by atoms with Crippen molar-refractivity contribution in [2.45, 2.75) is 38.3 Å². The number of benzene rings is 1. The molecular weight excluding hydrogens is 473 g/mol. The number of likely N-dealkylation sites (tertiary alicyclic amines) is 2. The molecule has 2 fully saturated rings. The van der Waals surface area contributed by atoms with E-state index >= 15 is 0 Å². The Morgan fingerprint density at radius 2 is 1.71 bits per heavy atom. The number of piperidine rings is 2. The molecule has 4 rings (SSSR count). The van der Waals surface area contributed by atoms with Crippen LogP contribution in [0, 0.1) is 5.41 Å². The number of carbonyl (C=O) groups is 2. The largest absolute Gasteiger partial charge is 0.476 e. The van der Waals surface area contributed by atoms with E-state index in [2.05, 4.69) is 10.00 Å². The van der Waals surface area contributed by atoms with Crippen molar-refractivity contribution in [3.8, 4) is 0 Å². The molecule has 0 atom stereocenters. The van der Waals surface area contributed by atoms with Gasteiger partial charge in [-0.3, -0.25) is 0 Å². The van der Waals surface area contributed by atoms with E-state index in [1.165, 1.54) is 24.4 Å². The van der Waals surface area contributed by atoms with Gasteiger partial charge in [-0.2, -0.15) is 23.0 Å². The number of nitrogens with zero attached hydrogens (tertiary/aromatic N) is 4. The second-order valence-electron chi connectivity index (χ2n) is 9.11. The summed E-state index contributed by atoms with van der Waals surface area (Å²) in [5, 5.41) is 13.1. The van der Waals surface area contributed by atoms with Crippen molar-refractivity contribution in [1.82, 2.24) is 19.6 Å². The maximum Gasteiger partial charge on any atom is 0.416 e. The maximum absolute atomic E-state index is 13.3. The van der Waals surface area contributed by atoms with Gasteiger partial charge >= 0.3 is 18.2 Å². The first-order valence-corrected chi connectivity index (χ1v) is 11.6. The standard InChI is InChI=1S/C23H26ClF3N4O3/c24-17-1-2-18(23(25,26)27)16(15-17)3-9-29-11-5-22(6-12-29)7-13-30(14-8-22)21(34)31-10-4-19(28-31)20(32)33/h1-2,4,10,15H,3,5-9,11-14H2,(H,32,33). The smallest absolute Gasteiger partial charge is 0.416 e. The molecule has 1 amide bonds. The molecule has 3 heterocycles. The van der Waals surface area contributed by atoms with E-state index in [0.717, 1.165) is 49.5 Å². The first-order chi connectivity index (χ1) is 16.1. The molecule has 1 spiro atoms. The van der Waals surface area contributed by atoms with Crippen LogP contribution in [0.25, 0.3) is 0 Å². The van der Waals surface area contributed by atoms with Crippen LogP contribution in [0.2, 0.25) is 5.02 Å². The zero-order chi connectivity index (χ0) is 24.5. The number of halogens is 4. The molecule has 11 heteroatoms. The molecule has 0 aliphatic carbocycles. The van der Waals surface area contributed by atoms with Gasteiger partial charge in [0.2, 0.25) is 0 Å². The van der Waals surface area contributed by atoms with Gasteiger partial charge in [0, 0.05) is 30.9 Å². The van der Waals surface area contributed by atoms with Crippen molar-refractivity contribution < 1.29 is 27.9 Å². The fourth-order valence-electron chi connectivity index (χ4n) is 4.94. The first-order valence-electron chi connectivity index (χ1n) is 11.2. The van der Waals surface area contributed by atoms with Gasteiger partial charge in [0.05, 0.1) is 5.56 Å². The molecular formula is C23H26ClF3N4O3. The Morgan fingerprint density at radius 1 is 1.06 bits per heavy atom. The van der Waals surface area contributed by atoms with Crippen molar-refractivity contribution in [3.63, 3.8) is 0 Å². The average molecular weight is 499 g/mol. The molecule has 34 heavy (non-hydrogen) atoms. The third-order valence-corrected chi connectivity index (χ3v) is 7.32. The summed E-state index contributed by atoms with van der Waals surface area (Å²) in [7, 11) is 0. The van der Waals surface area contributed by atoms with Gasteiger partial charge in [-0.25, -0.2) is 9.59 Å². The van der Waals surface area contributed by atoms with Crippen LogP contribution in [0.5, 0.6) is 0 Å². The number of hydrogen-bond donors (Lipinski definition) is 1. The lowest BCUT2D eigenvalue weighted by Crippen LogP contribution is -2.49. The molecule has 2 aliphatic rings. The van der Waals surface area contributed by atoms with E-state index in [1.807, 2.05) is 0 Å². The summed E-state index contributed by atoms with van der Waals surface area (Å²) in [6.45, 7) is 3.28. The predicted molar refractivity (Wildman–Crippen MR) is 119 cm³/mol. The van der Waals surface area contributed by atoms with Crippen LogP contribution in [0.1, 0.15) is 47.3 Å². The quantitative estimate of drug-likeness (QED) is 0.664. The van der Waals surface area contributed by atoms with Crippen molar-refractivity contribution in [2.75, 3.05) is 32.7 Å². The summed E-state index contributed by atoms with van der Waals surface area (Å²) in [6.07, 6.45) is 0.788. The number of alkyl halides is 3. The second-order valence-corrected chi connectivity index (χ2v) is 9.55. The summed E-state index contributed by atoms with van der Waals surface area (Å²) < 4.78 is 41.0. The van der Waals surface area contributed by atoms with Crippen LogP contribution in [-0.2, 0) is 12.6 Å². The molecule has 2 saturated heterocycles. The number of hydrogen-bond acceptors (Lipinski definition) is 4. The molecule has 0 bridgehead atoms. The molecule has 0 saturated carbocycles. The average Bonchev–Trinajstić information content (AvgIpc) is 3.29. The minimum absolute atomic E-state index is 0.122. The number of aromatic carboxylic acids is 1. The zero-order valence-electron chi connectivity index (χ0n) is 18.5. The maximum atomic E-state index is 13.3. The first kappa shape index (κ1) is 24.5. The number of aromatic nitrogens is 2. The highest BCUT2D eigenvalue weighted by molar-refractivity contribution is 6.30. The lowest BCUT2D eigenvalue weighted by molar-refractivity contribution is -0.138. The number of carboxylic acid groups (broad SMARTS) is 1. The number of carbonyl (C=O) groups excluding carboxylic acids is 1. The lowest BCUT2D eigenvalue weighted by Gasteiger charge is -2.46. The van der Waals surface area contributed by atoms with E-state index in [0.29, 0.717) is 24.7 Å². The van der Waals surface area contributed by atoms with Crippen LogP contribution in [-0.4, -0.2) is 69.4 Å². The minimum Gasteiger partial charge on any atom is -0.476 e. The van der Waals surface area contributed by atoms with Gasteiger partial charge in [0.1, 0.15) is 0 Å². The lowest BCUT2D eigenvalue weighted by atomic mass is 9.71. The highest BCUT2D eigenvalue weighted by atomic mass is 35.5. The van der Waals surface area contributed by atoms with E-state index in [9.17, 15) is 22.8 Å². The fraction of sp³-hybridized carbons (Fsp3) is 0.522. The molecule has 1 aromatic carbocycles. The van der Waals surface area contributed by atoms with E-state index in [-0.39, 0.29) is 29.1 Å². The molecule has 1 N–H and O–H groups in total. The highest BCUT2D eigenvalue weighted by Gasteiger charge is 2.39. The summed E-state index contributed by atoms with van der Waals surface area (Å²) in [5.74, 6) is -1.18. The summed E-state index contributed by atoms with van der Waals surface area (Å²) >= 11 is 5.93. The summed E-state index contributed by atoms with van der Waals surface area (Å²) in [6, 6.07) is 4.68. The third-order valence-electron chi connectivity index (χ3n) is 7.09. The predicted octanol–water partition coefficient (Wildman–Crippen LogP) is 4.64. The van der Waals surface area contributed by atoms with Crippen molar-refractivity contribution in [1.29, 1.82) is 0 Å². The van der Waals surface area contributed by atoms with Gasteiger partial charge in [-0.1, -0.05) is 11.6 Å². The number of rotatable bonds is 4. The van der Waals surface area contributed by atoms with Gasteiger partial charge in [0.25, 0.3) is 0 Å². The molecule has 184 valence electrons. The van der Waals surface area contributed by atoms with Crippen LogP contribution in [0.15, 0.2) is 30.5 Å². The van der Waals surface area contributed by atoms with Crippen molar-refractivity contribution in [3.05, 3.63) is 52.3 Å². The van der Waals surface area contributed by atoms with E-state index < -0.39 is 17.7 Å². The third kappa shape index (κ3) is 5.38. The van der Waals surface area contributed by atoms with Crippen LogP contribution in [0.4, 0.5) is 18.0 Å². The van der Waals surface area contributed by atoms with Gasteiger partial charge in [0.15, 0.2) is 5.69 Å². The Bertz CT molecular complexity index is 1050. The van der Waals surface area contributed by atoms with Crippen LogP contribution in [0.3, 0.4) is 0 Å². The topological polar surface area (TPSA) is 78.7 Å². The second kappa shape index (κ2) is 9.58. The normalized spacial score (nSPS) is 18.9. The van der Waals surface area contributed by atoms with Gasteiger partial charge in [-0.05, 0) is 80.4 Å². The molecule has 7 nitrogen and oxygen atoms in total. The monoisotopic (exact) mass is 498 g/mol. The van der Waals surface area contributed by atoms with Gasteiger partial charge in [-0.15, -0.1) is 0 Å². The summed E-state index contributed by atoms with van der Waals surface area (Å²) in [5.41, 5.74) is -0.460. The zero-order valence-corrected chi connectivity index (χ0v) is 19.3. The Morgan fingerprint density at radius 3 is 2.29 bits per heavy atom. The van der Waals surface area contributed by atoms with Crippen molar-refractivity contribution >= 4 is 23.6 Å².